The van der Waals surface area contributed by atoms with Crippen LogP contribution >= 0.6 is 15.9 Å². The van der Waals surface area contributed by atoms with Crippen molar-refractivity contribution in [1.82, 2.24) is 0 Å². The number of halogens is 2. The van der Waals surface area contributed by atoms with Crippen LogP contribution in [0.2, 0.25) is 0 Å². The molecular formula is C18H15BrFN. The summed E-state index contributed by atoms with van der Waals surface area (Å²) in [6.07, 6.45) is 0.673. The number of hydrogen-bond donors (Lipinski definition) is 1. The van der Waals surface area contributed by atoms with Gasteiger partial charge in [0, 0.05) is 10.5 Å². The van der Waals surface area contributed by atoms with Gasteiger partial charge in [0.05, 0.1) is 0 Å². The lowest BCUT2D eigenvalue weighted by molar-refractivity contribution is 0.617. The lowest BCUT2D eigenvalue weighted by atomic mass is 9.97. The van der Waals surface area contributed by atoms with E-state index < -0.39 is 0 Å². The first-order valence-electron chi connectivity index (χ1n) is 6.82. The molecule has 0 aromatic heterocycles. The lowest BCUT2D eigenvalue weighted by Gasteiger charge is -2.14. The molecule has 3 aromatic carbocycles. The molecule has 0 aliphatic heterocycles. The first kappa shape index (κ1) is 14.2. The minimum atomic E-state index is -0.262. The summed E-state index contributed by atoms with van der Waals surface area (Å²) >= 11 is 3.44. The molecule has 3 rings (SSSR count). The summed E-state index contributed by atoms with van der Waals surface area (Å²) in [5.41, 5.74) is 8.19. The summed E-state index contributed by atoms with van der Waals surface area (Å²) in [5, 5.41) is 2.40. The van der Waals surface area contributed by atoms with Gasteiger partial charge in [-0.15, -0.1) is 0 Å². The van der Waals surface area contributed by atoms with E-state index in [4.69, 9.17) is 5.73 Å². The van der Waals surface area contributed by atoms with E-state index >= 15 is 0 Å². The third-order valence-electron chi connectivity index (χ3n) is 3.63. The second-order valence-corrected chi connectivity index (χ2v) is 6.01. The summed E-state index contributed by atoms with van der Waals surface area (Å²) in [5.74, 6) is -0.262. The second-order valence-electron chi connectivity index (χ2n) is 5.16. The van der Waals surface area contributed by atoms with Crippen LogP contribution in [0.4, 0.5) is 4.39 Å². The summed E-state index contributed by atoms with van der Waals surface area (Å²) < 4.78 is 14.2. The average Bonchev–Trinajstić information content (AvgIpc) is 2.49. The molecule has 0 fully saturated rings. The third-order valence-corrected chi connectivity index (χ3v) is 4.35. The van der Waals surface area contributed by atoms with Crippen LogP contribution in [0.5, 0.6) is 0 Å². The molecule has 0 saturated heterocycles. The standard InChI is InChI=1S/C18H15BrFN/c19-17-8-7-15(20)11-16(17)18(21)10-12-5-6-13-3-1-2-4-14(13)9-12/h1-9,11,18H,10,21H2. The topological polar surface area (TPSA) is 26.0 Å². The number of rotatable bonds is 3. The van der Waals surface area contributed by atoms with Crippen molar-refractivity contribution < 1.29 is 4.39 Å². The largest absolute Gasteiger partial charge is 0.324 e. The van der Waals surface area contributed by atoms with Crippen LogP contribution in [0.15, 0.2) is 65.1 Å². The quantitative estimate of drug-likeness (QED) is 0.712. The van der Waals surface area contributed by atoms with E-state index in [1.807, 2.05) is 12.1 Å². The minimum Gasteiger partial charge on any atom is -0.324 e. The van der Waals surface area contributed by atoms with Crippen LogP contribution in [0.25, 0.3) is 10.8 Å². The van der Waals surface area contributed by atoms with E-state index in [0.717, 1.165) is 15.6 Å². The van der Waals surface area contributed by atoms with Crippen LogP contribution in [-0.4, -0.2) is 0 Å². The Morgan fingerprint density at radius 2 is 1.71 bits per heavy atom. The van der Waals surface area contributed by atoms with Crippen molar-refractivity contribution in [1.29, 1.82) is 0 Å². The van der Waals surface area contributed by atoms with Crippen LogP contribution in [-0.2, 0) is 6.42 Å². The Balaban J connectivity index is 1.88. The maximum absolute atomic E-state index is 13.4. The highest BCUT2D eigenvalue weighted by Gasteiger charge is 2.12. The Hall–Kier alpha value is -1.71. The number of nitrogens with two attached hydrogens (primary N) is 1. The Labute approximate surface area is 131 Å². The van der Waals surface area contributed by atoms with Gasteiger partial charge in [0.15, 0.2) is 0 Å². The van der Waals surface area contributed by atoms with Crippen LogP contribution in [0, 0.1) is 5.82 Å². The van der Waals surface area contributed by atoms with Gasteiger partial charge >= 0.3 is 0 Å². The van der Waals surface area contributed by atoms with Crippen LogP contribution < -0.4 is 5.73 Å². The summed E-state index contributed by atoms with van der Waals surface area (Å²) in [6, 6.07) is 18.9. The van der Waals surface area contributed by atoms with E-state index in [1.54, 1.807) is 6.07 Å². The smallest absolute Gasteiger partial charge is 0.123 e. The second kappa shape index (κ2) is 5.96. The van der Waals surface area contributed by atoms with E-state index in [2.05, 4.69) is 46.3 Å². The molecule has 3 heteroatoms. The fourth-order valence-corrected chi connectivity index (χ4v) is 3.07. The molecule has 0 bridgehead atoms. The fourth-order valence-electron chi connectivity index (χ4n) is 2.53. The third kappa shape index (κ3) is 3.14. The Morgan fingerprint density at radius 1 is 0.952 bits per heavy atom. The summed E-state index contributed by atoms with van der Waals surface area (Å²) in [4.78, 5) is 0. The molecule has 0 saturated carbocycles. The molecule has 0 amide bonds. The Bertz CT molecular complexity index is 785. The zero-order valence-corrected chi connectivity index (χ0v) is 13.0. The highest BCUT2D eigenvalue weighted by atomic mass is 79.9. The predicted octanol–water partition coefficient (Wildman–Crippen LogP) is 4.98. The van der Waals surface area contributed by atoms with E-state index in [0.29, 0.717) is 6.42 Å². The zero-order chi connectivity index (χ0) is 14.8. The van der Waals surface area contributed by atoms with Crippen molar-refractivity contribution in [3.8, 4) is 0 Å². The van der Waals surface area contributed by atoms with Gasteiger partial charge in [-0.2, -0.15) is 0 Å². The van der Waals surface area contributed by atoms with Gasteiger partial charge in [-0.3, -0.25) is 0 Å². The molecule has 0 aliphatic carbocycles. The van der Waals surface area contributed by atoms with Crippen molar-refractivity contribution in [3.63, 3.8) is 0 Å². The molecule has 1 atom stereocenters. The van der Waals surface area contributed by atoms with Crippen molar-refractivity contribution >= 4 is 26.7 Å². The van der Waals surface area contributed by atoms with Crippen molar-refractivity contribution in [2.75, 3.05) is 0 Å². The molecule has 0 aliphatic rings. The number of hydrogen-bond acceptors (Lipinski definition) is 1. The Morgan fingerprint density at radius 3 is 2.52 bits per heavy atom. The van der Waals surface area contributed by atoms with E-state index in [-0.39, 0.29) is 11.9 Å². The molecule has 0 spiro atoms. The predicted molar refractivity (Wildman–Crippen MR) is 88.7 cm³/mol. The van der Waals surface area contributed by atoms with E-state index in [9.17, 15) is 4.39 Å². The fraction of sp³-hybridized carbons (Fsp3) is 0.111. The Kier molecular flexibility index (Phi) is 4.04. The molecular weight excluding hydrogens is 329 g/mol. The first-order chi connectivity index (χ1) is 10.1. The lowest BCUT2D eigenvalue weighted by Crippen LogP contribution is -2.14. The van der Waals surface area contributed by atoms with Gasteiger partial charge in [0.2, 0.25) is 0 Å². The SMILES string of the molecule is NC(Cc1ccc2ccccc2c1)c1cc(F)ccc1Br. The van der Waals surface area contributed by atoms with Gasteiger partial charge in [0.25, 0.3) is 0 Å². The molecule has 21 heavy (non-hydrogen) atoms. The van der Waals surface area contributed by atoms with Crippen LogP contribution in [0.3, 0.4) is 0 Å². The summed E-state index contributed by atoms with van der Waals surface area (Å²) in [6.45, 7) is 0. The molecule has 1 nitrogen and oxygen atoms in total. The molecule has 0 heterocycles. The molecule has 0 radical (unpaired) electrons. The number of benzene rings is 3. The number of fused-ring (bicyclic) bond motifs is 1. The molecule has 2 N–H and O–H groups in total. The maximum Gasteiger partial charge on any atom is 0.123 e. The van der Waals surface area contributed by atoms with Crippen molar-refractivity contribution in [3.05, 3.63) is 82.1 Å². The van der Waals surface area contributed by atoms with Gasteiger partial charge in [0.1, 0.15) is 5.82 Å². The zero-order valence-electron chi connectivity index (χ0n) is 11.4. The molecule has 3 aromatic rings. The molecule has 106 valence electrons. The normalized spacial score (nSPS) is 12.5. The maximum atomic E-state index is 13.4. The van der Waals surface area contributed by atoms with E-state index in [1.165, 1.54) is 22.9 Å². The first-order valence-corrected chi connectivity index (χ1v) is 7.61. The molecule has 1 unspecified atom stereocenters. The highest BCUT2D eigenvalue weighted by molar-refractivity contribution is 9.10. The highest BCUT2D eigenvalue weighted by Crippen LogP contribution is 2.26. The van der Waals surface area contributed by atoms with Gasteiger partial charge in [-0.25, -0.2) is 4.39 Å². The van der Waals surface area contributed by atoms with Crippen LogP contribution in [0.1, 0.15) is 17.2 Å². The van der Waals surface area contributed by atoms with Crippen molar-refractivity contribution in [2.24, 2.45) is 5.73 Å². The minimum absolute atomic E-state index is 0.240. The monoisotopic (exact) mass is 343 g/mol. The van der Waals surface area contributed by atoms with Gasteiger partial charge < -0.3 is 5.73 Å². The summed E-state index contributed by atoms with van der Waals surface area (Å²) in [7, 11) is 0. The van der Waals surface area contributed by atoms with Gasteiger partial charge in [-0.05, 0) is 46.5 Å². The van der Waals surface area contributed by atoms with Gasteiger partial charge in [-0.1, -0.05) is 58.4 Å². The average molecular weight is 344 g/mol. The van der Waals surface area contributed by atoms with Crippen molar-refractivity contribution in [2.45, 2.75) is 12.5 Å².